The molecule has 2 N–H and O–H groups in total. The van der Waals surface area contributed by atoms with Gasteiger partial charge in [-0.25, -0.2) is 0 Å². The van der Waals surface area contributed by atoms with Gasteiger partial charge < -0.3 is 14.9 Å². The fraction of sp³-hybridized carbons (Fsp3) is 0.938. The highest BCUT2D eigenvalue weighted by molar-refractivity contribution is 5.73. The molecular formula is C16H24O4. The van der Waals surface area contributed by atoms with Crippen molar-refractivity contribution in [3.8, 4) is 0 Å². The summed E-state index contributed by atoms with van der Waals surface area (Å²) in [6, 6.07) is 0. The number of aliphatic hydroxyl groups excluding tert-OH is 2. The smallest absolute Gasteiger partial charge is 0.309 e. The van der Waals surface area contributed by atoms with Gasteiger partial charge in [-0.2, -0.15) is 0 Å². The minimum absolute atomic E-state index is 0.0621. The van der Waals surface area contributed by atoms with E-state index in [-0.39, 0.29) is 30.0 Å². The van der Waals surface area contributed by atoms with Crippen LogP contribution < -0.4 is 0 Å². The van der Waals surface area contributed by atoms with Gasteiger partial charge in [-0.15, -0.1) is 0 Å². The van der Waals surface area contributed by atoms with Gasteiger partial charge in [0.15, 0.2) is 0 Å². The van der Waals surface area contributed by atoms with Crippen molar-refractivity contribution in [2.75, 3.05) is 6.61 Å². The standard InChI is InChI=1S/C16H24O4/c17-14-6-9-4-10(14)5-11(9)7-20-16(19)13-2-8-1-12(13)15(18)3-8/h8-15,17-18H,1-7H2. The summed E-state index contributed by atoms with van der Waals surface area (Å²) in [6.07, 6.45) is 5.39. The summed E-state index contributed by atoms with van der Waals surface area (Å²) in [5, 5.41) is 19.7. The van der Waals surface area contributed by atoms with E-state index in [1.54, 1.807) is 0 Å². The van der Waals surface area contributed by atoms with E-state index in [1.807, 2.05) is 0 Å². The zero-order chi connectivity index (χ0) is 13.9. The maximum Gasteiger partial charge on any atom is 0.309 e. The van der Waals surface area contributed by atoms with E-state index in [9.17, 15) is 15.0 Å². The molecule has 0 aromatic rings. The molecule has 4 heteroatoms. The number of carbonyl (C=O) groups excluding carboxylic acids is 1. The lowest BCUT2D eigenvalue weighted by atomic mass is 9.86. The Hall–Kier alpha value is -0.610. The molecule has 112 valence electrons. The number of hydrogen-bond acceptors (Lipinski definition) is 4. The molecule has 20 heavy (non-hydrogen) atoms. The van der Waals surface area contributed by atoms with Gasteiger partial charge in [0.2, 0.25) is 0 Å². The molecule has 4 aliphatic rings. The Labute approximate surface area is 119 Å². The molecule has 0 aromatic heterocycles. The van der Waals surface area contributed by atoms with Gasteiger partial charge in [-0.1, -0.05) is 0 Å². The van der Waals surface area contributed by atoms with Gasteiger partial charge in [0.1, 0.15) is 0 Å². The molecule has 4 bridgehead atoms. The van der Waals surface area contributed by atoms with E-state index in [4.69, 9.17) is 4.74 Å². The average molecular weight is 280 g/mol. The van der Waals surface area contributed by atoms with Crippen LogP contribution in [0.5, 0.6) is 0 Å². The third kappa shape index (κ3) is 2.00. The Kier molecular flexibility index (Phi) is 3.08. The molecule has 4 nitrogen and oxygen atoms in total. The van der Waals surface area contributed by atoms with Crippen LogP contribution in [0.2, 0.25) is 0 Å². The molecule has 8 atom stereocenters. The van der Waals surface area contributed by atoms with E-state index in [2.05, 4.69) is 0 Å². The maximum atomic E-state index is 12.2. The third-order valence-corrected chi connectivity index (χ3v) is 6.49. The molecule has 0 aromatic carbocycles. The van der Waals surface area contributed by atoms with Crippen molar-refractivity contribution in [1.29, 1.82) is 0 Å². The fourth-order valence-corrected chi connectivity index (χ4v) is 5.45. The molecule has 4 rings (SSSR count). The van der Waals surface area contributed by atoms with Gasteiger partial charge in [0, 0.05) is 0 Å². The maximum absolute atomic E-state index is 12.2. The summed E-state index contributed by atoms with van der Waals surface area (Å²) >= 11 is 0. The van der Waals surface area contributed by atoms with E-state index >= 15 is 0 Å². The molecule has 0 heterocycles. The molecule has 4 fully saturated rings. The minimum atomic E-state index is -0.288. The van der Waals surface area contributed by atoms with Crippen LogP contribution in [0.25, 0.3) is 0 Å². The predicted molar refractivity (Wildman–Crippen MR) is 71.6 cm³/mol. The first kappa shape index (κ1) is 13.1. The van der Waals surface area contributed by atoms with Gasteiger partial charge >= 0.3 is 5.97 Å². The van der Waals surface area contributed by atoms with Gasteiger partial charge in [0.05, 0.1) is 24.7 Å². The first-order chi connectivity index (χ1) is 9.61. The lowest BCUT2D eigenvalue weighted by Gasteiger charge is -2.27. The Bertz CT molecular complexity index is 407. The number of carbonyl (C=O) groups is 1. The van der Waals surface area contributed by atoms with Crippen LogP contribution in [0.3, 0.4) is 0 Å². The molecule has 0 radical (unpaired) electrons. The van der Waals surface area contributed by atoms with E-state index < -0.39 is 0 Å². The Morgan fingerprint density at radius 1 is 0.950 bits per heavy atom. The number of ether oxygens (including phenoxy) is 1. The lowest BCUT2D eigenvalue weighted by molar-refractivity contribution is -0.154. The van der Waals surface area contributed by atoms with Crippen molar-refractivity contribution in [3.05, 3.63) is 0 Å². The highest BCUT2D eigenvalue weighted by Gasteiger charge is 2.50. The summed E-state index contributed by atoms with van der Waals surface area (Å²) in [5.74, 6) is 1.98. The van der Waals surface area contributed by atoms with Crippen LogP contribution in [0.15, 0.2) is 0 Å². The monoisotopic (exact) mass is 280 g/mol. The van der Waals surface area contributed by atoms with Crippen LogP contribution >= 0.6 is 0 Å². The molecular weight excluding hydrogens is 256 g/mol. The quantitative estimate of drug-likeness (QED) is 0.766. The van der Waals surface area contributed by atoms with E-state index in [1.165, 1.54) is 0 Å². The number of hydrogen-bond donors (Lipinski definition) is 2. The first-order valence-corrected chi connectivity index (χ1v) is 8.14. The Morgan fingerprint density at radius 2 is 1.80 bits per heavy atom. The van der Waals surface area contributed by atoms with Crippen molar-refractivity contribution in [2.24, 2.45) is 35.5 Å². The summed E-state index contributed by atoms with van der Waals surface area (Å²) in [7, 11) is 0. The van der Waals surface area contributed by atoms with E-state index in [0.29, 0.717) is 30.3 Å². The van der Waals surface area contributed by atoms with Crippen molar-refractivity contribution in [2.45, 2.75) is 50.7 Å². The van der Waals surface area contributed by atoms with Gasteiger partial charge in [0.25, 0.3) is 0 Å². The SMILES string of the molecule is O=C(OCC1CC2CC1CC2O)C1CC2CC(O)C1C2. The first-order valence-electron chi connectivity index (χ1n) is 8.14. The molecule has 4 aliphatic carbocycles. The van der Waals surface area contributed by atoms with Crippen molar-refractivity contribution < 1.29 is 19.7 Å². The highest BCUT2D eigenvalue weighted by atomic mass is 16.5. The largest absolute Gasteiger partial charge is 0.465 e. The van der Waals surface area contributed by atoms with Crippen molar-refractivity contribution in [3.63, 3.8) is 0 Å². The van der Waals surface area contributed by atoms with Gasteiger partial charge in [-0.05, 0) is 68.1 Å². The lowest BCUT2D eigenvalue weighted by Crippen LogP contribution is -2.33. The van der Waals surface area contributed by atoms with Crippen LogP contribution in [0.4, 0.5) is 0 Å². The second kappa shape index (κ2) is 4.70. The predicted octanol–water partition coefficient (Wildman–Crippen LogP) is 1.34. The molecule has 8 unspecified atom stereocenters. The number of esters is 1. The zero-order valence-corrected chi connectivity index (χ0v) is 11.8. The fourth-order valence-electron chi connectivity index (χ4n) is 5.45. The summed E-state index contributed by atoms with van der Waals surface area (Å²) in [6.45, 7) is 0.525. The number of fused-ring (bicyclic) bond motifs is 4. The van der Waals surface area contributed by atoms with Crippen LogP contribution in [0.1, 0.15) is 38.5 Å². The second-order valence-corrected chi connectivity index (χ2v) is 7.60. The van der Waals surface area contributed by atoms with Crippen molar-refractivity contribution >= 4 is 5.97 Å². The van der Waals surface area contributed by atoms with Crippen LogP contribution in [-0.2, 0) is 9.53 Å². The number of rotatable bonds is 3. The third-order valence-electron chi connectivity index (χ3n) is 6.49. The molecule has 4 saturated carbocycles. The molecule has 0 spiro atoms. The highest BCUT2D eigenvalue weighted by Crippen LogP contribution is 2.50. The topological polar surface area (TPSA) is 66.8 Å². The van der Waals surface area contributed by atoms with E-state index in [0.717, 1.165) is 38.5 Å². The summed E-state index contributed by atoms with van der Waals surface area (Å²) < 4.78 is 5.57. The Balaban J connectivity index is 1.29. The number of aliphatic hydroxyl groups is 2. The zero-order valence-electron chi connectivity index (χ0n) is 11.8. The normalized spacial score (nSPS) is 52.7. The average Bonchev–Trinajstić information content (AvgIpc) is 3.13. The summed E-state index contributed by atoms with van der Waals surface area (Å²) in [4.78, 5) is 12.2. The summed E-state index contributed by atoms with van der Waals surface area (Å²) in [5.41, 5.74) is 0. The molecule has 0 amide bonds. The second-order valence-electron chi connectivity index (χ2n) is 7.60. The van der Waals surface area contributed by atoms with Crippen LogP contribution in [-0.4, -0.2) is 35.0 Å². The Morgan fingerprint density at radius 3 is 2.40 bits per heavy atom. The molecule has 0 aliphatic heterocycles. The van der Waals surface area contributed by atoms with Crippen molar-refractivity contribution in [1.82, 2.24) is 0 Å². The molecule has 0 saturated heterocycles. The van der Waals surface area contributed by atoms with Gasteiger partial charge in [-0.3, -0.25) is 4.79 Å². The van der Waals surface area contributed by atoms with Crippen LogP contribution in [0, 0.1) is 35.5 Å². The minimum Gasteiger partial charge on any atom is -0.465 e.